The second-order valence-electron chi connectivity index (χ2n) is 5.60. The van der Waals surface area contributed by atoms with Gasteiger partial charge in [-0.05, 0) is 18.2 Å². The van der Waals surface area contributed by atoms with Gasteiger partial charge >= 0.3 is 0 Å². The molecule has 4 N–H and O–H groups in total. The van der Waals surface area contributed by atoms with Crippen molar-refractivity contribution in [2.75, 3.05) is 5.73 Å². The minimum absolute atomic E-state index is 0.0579. The predicted octanol–water partition coefficient (Wildman–Crippen LogP) is 0.367. The zero-order chi connectivity index (χ0) is 18.6. The average Bonchev–Trinajstić information content (AvgIpc) is 3.12. The maximum absolute atomic E-state index is 12.5. The number of hydrogen-bond donors (Lipinski definition) is 3. The van der Waals surface area contributed by atoms with Gasteiger partial charge in [-0.2, -0.15) is 0 Å². The van der Waals surface area contributed by atoms with Crippen LogP contribution in [-0.2, 0) is 0 Å². The van der Waals surface area contributed by atoms with Gasteiger partial charge in [-0.1, -0.05) is 0 Å². The summed E-state index contributed by atoms with van der Waals surface area (Å²) in [6, 6.07) is 5.21. The lowest BCUT2D eigenvalue weighted by atomic mass is 10.1. The molecule has 0 spiro atoms. The van der Waals surface area contributed by atoms with Crippen LogP contribution in [0.5, 0.6) is 5.75 Å². The van der Waals surface area contributed by atoms with E-state index in [1.807, 2.05) is 0 Å². The molecule has 0 saturated carbocycles. The molecule has 1 aliphatic heterocycles. The van der Waals surface area contributed by atoms with E-state index in [0.29, 0.717) is 5.89 Å². The quantitative estimate of drug-likeness (QED) is 0.558. The Bertz CT molecular complexity index is 1160. The van der Waals surface area contributed by atoms with E-state index in [4.69, 9.17) is 10.2 Å². The molecule has 0 bridgehead atoms. The summed E-state index contributed by atoms with van der Waals surface area (Å²) >= 11 is 0. The molecule has 3 heterocycles. The first-order valence-corrected chi connectivity index (χ1v) is 7.42. The zero-order valence-electron chi connectivity index (χ0n) is 13.3. The van der Waals surface area contributed by atoms with Gasteiger partial charge in [0.15, 0.2) is 0 Å². The van der Waals surface area contributed by atoms with Crippen LogP contribution in [0.1, 0.15) is 26.6 Å². The Morgan fingerprint density at radius 1 is 1.12 bits per heavy atom. The number of aryl methyl sites for hydroxylation is 1. The molecule has 130 valence electrons. The molecule has 26 heavy (non-hydrogen) atoms. The van der Waals surface area contributed by atoms with Crippen molar-refractivity contribution in [2.24, 2.45) is 0 Å². The number of benzene rings is 1. The van der Waals surface area contributed by atoms with Gasteiger partial charge in [-0.3, -0.25) is 24.3 Å². The Morgan fingerprint density at radius 3 is 2.58 bits per heavy atom. The van der Waals surface area contributed by atoms with Crippen molar-refractivity contribution in [3.05, 3.63) is 51.6 Å². The highest BCUT2D eigenvalue weighted by Gasteiger charge is 2.32. The number of carbonyl (C=O) groups excluding carboxylic acids is 2. The first kappa shape index (κ1) is 15.6. The topological polar surface area (TPSA) is 153 Å². The highest BCUT2D eigenvalue weighted by atomic mass is 16.4. The minimum atomic E-state index is -0.678. The van der Waals surface area contributed by atoms with Gasteiger partial charge in [-0.25, -0.2) is 0 Å². The molecule has 1 aromatic carbocycles. The van der Waals surface area contributed by atoms with E-state index in [-0.39, 0.29) is 39.8 Å². The van der Waals surface area contributed by atoms with Gasteiger partial charge in [-0.15, -0.1) is 10.2 Å². The van der Waals surface area contributed by atoms with Gasteiger partial charge in [0, 0.05) is 13.0 Å². The third-order valence-electron chi connectivity index (χ3n) is 3.95. The van der Waals surface area contributed by atoms with Crippen LogP contribution >= 0.6 is 0 Å². The van der Waals surface area contributed by atoms with Crippen molar-refractivity contribution in [3.63, 3.8) is 0 Å². The number of rotatable bonds is 2. The molecular formula is C16H11N5O5. The smallest absolute Gasteiger partial charge is 0.262 e. The molecule has 3 aromatic rings. The Kier molecular flexibility index (Phi) is 3.16. The van der Waals surface area contributed by atoms with Gasteiger partial charge in [0.05, 0.1) is 22.4 Å². The first-order chi connectivity index (χ1) is 12.4. The molecule has 2 amide bonds. The second-order valence-corrected chi connectivity index (χ2v) is 5.60. The van der Waals surface area contributed by atoms with Crippen LogP contribution in [0.2, 0.25) is 0 Å². The zero-order valence-corrected chi connectivity index (χ0v) is 13.3. The van der Waals surface area contributed by atoms with E-state index in [0.717, 1.165) is 10.6 Å². The lowest BCUT2D eigenvalue weighted by Crippen LogP contribution is -2.24. The fourth-order valence-corrected chi connectivity index (χ4v) is 2.79. The number of phenolic OH excluding ortho intramolecular Hbond substituents is 1. The number of anilines is 1. The normalized spacial score (nSPS) is 13.0. The average molecular weight is 353 g/mol. The van der Waals surface area contributed by atoms with Crippen molar-refractivity contribution in [3.8, 4) is 22.9 Å². The third kappa shape index (κ3) is 2.16. The number of fused-ring (bicyclic) bond motifs is 1. The van der Waals surface area contributed by atoms with Crippen molar-refractivity contribution in [2.45, 2.75) is 6.92 Å². The van der Waals surface area contributed by atoms with E-state index in [2.05, 4.69) is 15.5 Å². The van der Waals surface area contributed by atoms with Crippen LogP contribution in [0.15, 0.2) is 33.5 Å². The summed E-state index contributed by atoms with van der Waals surface area (Å²) in [5.41, 5.74) is 5.69. The van der Waals surface area contributed by atoms with Gasteiger partial charge in [0.25, 0.3) is 23.3 Å². The number of carbonyl (C=O) groups is 2. The van der Waals surface area contributed by atoms with Gasteiger partial charge in [0.1, 0.15) is 11.6 Å². The summed E-state index contributed by atoms with van der Waals surface area (Å²) < 4.78 is 6.36. The fraction of sp³-hybridized carbons (Fsp3) is 0.0625. The number of nitrogen functional groups attached to an aromatic ring is 1. The Hall–Kier alpha value is -3.95. The summed E-state index contributed by atoms with van der Waals surface area (Å²) in [4.78, 5) is 36.1. The molecule has 4 rings (SSSR count). The number of pyridine rings is 1. The van der Waals surface area contributed by atoms with Crippen LogP contribution in [0.25, 0.3) is 17.1 Å². The summed E-state index contributed by atoms with van der Waals surface area (Å²) in [5, 5.41) is 19.7. The third-order valence-corrected chi connectivity index (χ3v) is 3.95. The molecular weight excluding hydrogens is 342 g/mol. The Balaban J connectivity index is 1.95. The molecule has 0 fully saturated rings. The predicted molar refractivity (Wildman–Crippen MR) is 87.9 cm³/mol. The lowest BCUT2D eigenvalue weighted by Gasteiger charge is -2.13. The highest BCUT2D eigenvalue weighted by molar-refractivity contribution is 6.23. The number of imide groups is 1. The van der Waals surface area contributed by atoms with Crippen LogP contribution in [0.4, 0.5) is 5.82 Å². The Morgan fingerprint density at radius 2 is 1.88 bits per heavy atom. The van der Waals surface area contributed by atoms with E-state index in [1.54, 1.807) is 6.92 Å². The number of nitrogens with one attached hydrogen (secondary N) is 1. The summed E-state index contributed by atoms with van der Waals surface area (Å²) in [6.45, 7) is 1.59. The van der Waals surface area contributed by atoms with Crippen molar-refractivity contribution >= 4 is 17.6 Å². The SMILES string of the molecule is Cc1nnc(-c2cc(-n3c(N)c4c(cc3=O)C(=O)NC4=O)ccc2O)o1. The molecule has 10 heteroatoms. The molecule has 0 unspecified atom stereocenters. The molecule has 0 radical (unpaired) electrons. The minimum Gasteiger partial charge on any atom is -0.507 e. The number of nitrogens with two attached hydrogens (primary N) is 1. The molecule has 0 atom stereocenters. The molecule has 1 aliphatic rings. The van der Waals surface area contributed by atoms with E-state index in [9.17, 15) is 19.5 Å². The number of nitrogens with zero attached hydrogens (tertiary/aromatic N) is 3. The second kappa shape index (κ2) is 5.28. The maximum Gasteiger partial charge on any atom is 0.262 e. The number of amides is 2. The van der Waals surface area contributed by atoms with Gasteiger partial charge in [0.2, 0.25) is 5.89 Å². The molecule has 0 aliphatic carbocycles. The van der Waals surface area contributed by atoms with Crippen molar-refractivity contribution in [1.82, 2.24) is 20.1 Å². The molecule has 0 saturated heterocycles. The number of phenols is 1. The van der Waals surface area contributed by atoms with Crippen molar-refractivity contribution < 1.29 is 19.1 Å². The summed E-state index contributed by atoms with van der Waals surface area (Å²) in [7, 11) is 0. The monoisotopic (exact) mass is 353 g/mol. The van der Waals surface area contributed by atoms with Gasteiger partial charge < -0.3 is 15.3 Å². The van der Waals surface area contributed by atoms with Crippen LogP contribution in [0.3, 0.4) is 0 Å². The maximum atomic E-state index is 12.5. The summed E-state index contributed by atoms with van der Waals surface area (Å²) in [5.74, 6) is -1.32. The lowest BCUT2D eigenvalue weighted by molar-refractivity contribution is 0.0880. The fourth-order valence-electron chi connectivity index (χ4n) is 2.79. The standard InChI is InChI=1S/C16H11N5O5/c1-6-19-20-16(26-6)8-4-7(2-3-10(8)22)21-11(23)5-9-12(13(21)17)15(25)18-14(9)24/h2-5,22H,17H2,1H3,(H,18,24,25). The van der Waals surface area contributed by atoms with Crippen molar-refractivity contribution in [1.29, 1.82) is 0 Å². The number of hydrogen-bond acceptors (Lipinski definition) is 8. The molecule has 10 nitrogen and oxygen atoms in total. The largest absolute Gasteiger partial charge is 0.507 e. The number of aromatic nitrogens is 3. The van der Waals surface area contributed by atoms with E-state index in [1.165, 1.54) is 18.2 Å². The first-order valence-electron chi connectivity index (χ1n) is 7.42. The Labute approximate surface area is 144 Å². The number of aromatic hydroxyl groups is 1. The summed E-state index contributed by atoms with van der Waals surface area (Å²) in [6.07, 6.45) is 0. The molecule has 2 aromatic heterocycles. The van der Waals surface area contributed by atoms with E-state index >= 15 is 0 Å². The highest BCUT2D eigenvalue weighted by Crippen LogP contribution is 2.31. The van der Waals surface area contributed by atoms with E-state index < -0.39 is 17.4 Å². The van der Waals surface area contributed by atoms with Crippen LogP contribution < -0.4 is 16.6 Å². The van der Waals surface area contributed by atoms with Crippen LogP contribution in [-0.4, -0.2) is 31.7 Å². The van der Waals surface area contributed by atoms with Crippen LogP contribution in [0, 0.1) is 6.92 Å².